The molecule has 3 heteroatoms. The smallest absolute Gasteiger partial charge is 0.137 e. The lowest BCUT2D eigenvalue weighted by Gasteiger charge is -2.29. The van der Waals surface area contributed by atoms with Crippen LogP contribution in [0.5, 0.6) is 5.75 Å². The molecular weight excluding hydrogens is 248 g/mol. The van der Waals surface area contributed by atoms with E-state index >= 15 is 0 Å². The van der Waals surface area contributed by atoms with Gasteiger partial charge in [-0.05, 0) is 36.6 Å². The van der Waals surface area contributed by atoms with Crippen LogP contribution < -0.4 is 10.5 Å². The van der Waals surface area contributed by atoms with Crippen LogP contribution in [0.4, 0.5) is 0 Å². The fraction of sp³-hybridized carbons (Fsp3) is 0.353. The molecule has 3 nitrogen and oxygen atoms in total. The average Bonchev–Trinajstić information content (AvgIpc) is 2.41. The molecule has 2 unspecified atom stereocenters. The minimum atomic E-state index is 0.140. The van der Waals surface area contributed by atoms with Crippen LogP contribution in [-0.4, -0.2) is 17.6 Å². The van der Waals surface area contributed by atoms with Crippen LogP contribution in [0, 0.1) is 0 Å². The van der Waals surface area contributed by atoms with Gasteiger partial charge in [-0.1, -0.05) is 24.3 Å². The summed E-state index contributed by atoms with van der Waals surface area (Å²) in [5.41, 5.74) is 9.65. The summed E-state index contributed by atoms with van der Waals surface area (Å²) >= 11 is 0. The van der Waals surface area contributed by atoms with Gasteiger partial charge in [0.05, 0.1) is 12.8 Å². The van der Waals surface area contributed by atoms with Crippen molar-refractivity contribution in [3.63, 3.8) is 0 Å². The van der Waals surface area contributed by atoms with Crippen LogP contribution in [0.2, 0.25) is 0 Å². The topological polar surface area (TPSA) is 48.1 Å². The van der Waals surface area contributed by atoms with E-state index in [0.717, 1.165) is 30.9 Å². The molecule has 2 aromatic rings. The predicted octanol–water partition coefficient (Wildman–Crippen LogP) is 2.69. The molecule has 1 aliphatic rings. The number of nitrogens with two attached hydrogens (primary N) is 1. The van der Waals surface area contributed by atoms with Crippen molar-refractivity contribution in [2.24, 2.45) is 5.73 Å². The molecule has 3 rings (SSSR count). The van der Waals surface area contributed by atoms with Crippen molar-refractivity contribution < 1.29 is 4.74 Å². The number of pyridine rings is 1. The number of fused-ring (bicyclic) bond motifs is 1. The number of ether oxygens (including phenoxy) is 1. The maximum absolute atomic E-state index is 5.83. The Labute approximate surface area is 119 Å². The molecule has 2 N–H and O–H groups in total. The Hall–Kier alpha value is -1.87. The monoisotopic (exact) mass is 268 g/mol. The van der Waals surface area contributed by atoms with Gasteiger partial charge in [0, 0.05) is 24.1 Å². The fourth-order valence-corrected chi connectivity index (χ4v) is 2.66. The lowest BCUT2D eigenvalue weighted by Crippen LogP contribution is -2.23. The van der Waals surface area contributed by atoms with E-state index in [-0.39, 0.29) is 6.04 Å². The van der Waals surface area contributed by atoms with Crippen molar-refractivity contribution in [1.29, 1.82) is 0 Å². The lowest BCUT2D eigenvalue weighted by atomic mass is 9.78. The third kappa shape index (κ3) is 2.83. The van der Waals surface area contributed by atoms with Gasteiger partial charge in [-0.15, -0.1) is 0 Å². The molecule has 0 fully saturated rings. The number of hydrogen-bond acceptors (Lipinski definition) is 3. The number of hydrogen-bond donors (Lipinski definition) is 1. The van der Waals surface area contributed by atoms with E-state index in [2.05, 4.69) is 29.2 Å². The van der Waals surface area contributed by atoms with Gasteiger partial charge in [-0.3, -0.25) is 4.98 Å². The first-order chi connectivity index (χ1) is 9.72. The molecule has 0 aliphatic heterocycles. The molecule has 2 atom stereocenters. The van der Waals surface area contributed by atoms with Crippen molar-refractivity contribution in [3.05, 3.63) is 59.4 Å². The first kappa shape index (κ1) is 13.1. The zero-order valence-electron chi connectivity index (χ0n) is 11.8. The van der Waals surface area contributed by atoms with Crippen LogP contribution in [0.1, 0.15) is 29.7 Å². The normalized spacial score (nSPS) is 18.0. The Morgan fingerprint density at radius 3 is 2.85 bits per heavy atom. The Bertz CT molecular complexity index is 578. The first-order valence-electron chi connectivity index (χ1n) is 7.13. The van der Waals surface area contributed by atoms with E-state index in [4.69, 9.17) is 10.5 Å². The SMILES string of the molecule is CC(N)Cc1ccc(OCC2Cc3ccccc32)cn1. The van der Waals surface area contributed by atoms with Crippen LogP contribution in [0.15, 0.2) is 42.6 Å². The molecule has 1 aromatic carbocycles. The fourth-order valence-electron chi connectivity index (χ4n) is 2.66. The highest BCUT2D eigenvalue weighted by Crippen LogP contribution is 2.34. The molecule has 0 bridgehead atoms. The van der Waals surface area contributed by atoms with E-state index < -0.39 is 0 Å². The summed E-state index contributed by atoms with van der Waals surface area (Å²) < 4.78 is 5.83. The van der Waals surface area contributed by atoms with Gasteiger partial charge in [-0.2, -0.15) is 0 Å². The van der Waals surface area contributed by atoms with Crippen LogP contribution in [-0.2, 0) is 12.8 Å². The largest absolute Gasteiger partial charge is 0.491 e. The zero-order valence-corrected chi connectivity index (χ0v) is 11.8. The standard InChI is InChI=1S/C17H20N2O/c1-12(18)8-15-6-7-16(10-19-15)20-11-14-9-13-4-2-3-5-17(13)14/h2-7,10,12,14H,8-9,11,18H2,1H3. The second-order valence-electron chi connectivity index (χ2n) is 5.58. The van der Waals surface area contributed by atoms with Crippen molar-refractivity contribution >= 4 is 0 Å². The van der Waals surface area contributed by atoms with Gasteiger partial charge in [0.25, 0.3) is 0 Å². The van der Waals surface area contributed by atoms with E-state index in [1.165, 1.54) is 11.1 Å². The summed E-state index contributed by atoms with van der Waals surface area (Å²) in [4.78, 5) is 4.38. The Kier molecular flexibility index (Phi) is 3.70. The van der Waals surface area contributed by atoms with Gasteiger partial charge in [0.1, 0.15) is 5.75 Å². The van der Waals surface area contributed by atoms with Crippen molar-refractivity contribution in [1.82, 2.24) is 4.98 Å². The zero-order chi connectivity index (χ0) is 13.9. The van der Waals surface area contributed by atoms with Crippen molar-refractivity contribution in [3.8, 4) is 5.75 Å². The number of benzene rings is 1. The molecule has 1 heterocycles. The molecule has 104 valence electrons. The Morgan fingerprint density at radius 2 is 2.15 bits per heavy atom. The summed E-state index contributed by atoms with van der Waals surface area (Å²) in [6.07, 6.45) is 3.71. The maximum Gasteiger partial charge on any atom is 0.137 e. The summed E-state index contributed by atoms with van der Waals surface area (Å²) in [6.45, 7) is 2.71. The minimum absolute atomic E-state index is 0.140. The maximum atomic E-state index is 5.83. The second kappa shape index (κ2) is 5.63. The van der Waals surface area contributed by atoms with Gasteiger partial charge >= 0.3 is 0 Å². The summed E-state index contributed by atoms with van der Waals surface area (Å²) in [5, 5.41) is 0. The molecule has 20 heavy (non-hydrogen) atoms. The van der Waals surface area contributed by atoms with E-state index in [1.807, 2.05) is 19.1 Å². The summed E-state index contributed by atoms with van der Waals surface area (Å²) in [5.74, 6) is 1.36. The van der Waals surface area contributed by atoms with Crippen LogP contribution in [0.25, 0.3) is 0 Å². The van der Waals surface area contributed by atoms with E-state index in [1.54, 1.807) is 6.20 Å². The van der Waals surface area contributed by atoms with Gasteiger partial charge in [0.15, 0.2) is 0 Å². The van der Waals surface area contributed by atoms with Gasteiger partial charge in [-0.25, -0.2) is 0 Å². The number of aromatic nitrogens is 1. The summed E-state index contributed by atoms with van der Waals surface area (Å²) in [7, 11) is 0. The van der Waals surface area contributed by atoms with Crippen molar-refractivity contribution in [2.75, 3.05) is 6.61 Å². The Balaban J connectivity index is 1.55. The van der Waals surface area contributed by atoms with E-state index in [0.29, 0.717) is 5.92 Å². The van der Waals surface area contributed by atoms with Crippen LogP contribution in [0.3, 0.4) is 0 Å². The lowest BCUT2D eigenvalue weighted by molar-refractivity contribution is 0.274. The number of rotatable bonds is 5. The van der Waals surface area contributed by atoms with Gasteiger partial charge < -0.3 is 10.5 Å². The molecule has 0 radical (unpaired) electrons. The highest BCUT2D eigenvalue weighted by atomic mass is 16.5. The van der Waals surface area contributed by atoms with Gasteiger partial charge in [0.2, 0.25) is 0 Å². The first-order valence-corrected chi connectivity index (χ1v) is 7.13. The Morgan fingerprint density at radius 1 is 1.30 bits per heavy atom. The second-order valence-corrected chi connectivity index (χ2v) is 5.58. The molecule has 0 saturated heterocycles. The average molecular weight is 268 g/mol. The molecular formula is C17H20N2O. The predicted molar refractivity (Wildman–Crippen MR) is 80.0 cm³/mol. The molecule has 0 saturated carbocycles. The number of nitrogens with zero attached hydrogens (tertiary/aromatic N) is 1. The molecule has 1 aliphatic carbocycles. The molecule has 0 spiro atoms. The highest BCUT2D eigenvalue weighted by molar-refractivity contribution is 5.40. The molecule has 1 aromatic heterocycles. The minimum Gasteiger partial charge on any atom is -0.491 e. The summed E-state index contributed by atoms with van der Waals surface area (Å²) in [6, 6.07) is 12.7. The molecule has 0 amide bonds. The third-order valence-corrected chi connectivity index (χ3v) is 3.74. The quantitative estimate of drug-likeness (QED) is 0.907. The third-order valence-electron chi connectivity index (χ3n) is 3.74. The highest BCUT2D eigenvalue weighted by Gasteiger charge is 2.25. The van der Waals surface area contributed by atoms with Crippen LogP contribution >= 0.6 is 0 Å². The van der Waals surface area contributed by atoms with Crippen molar-refractivity contribution in [2.45, 2.75) is 31.7 Å². The van der Waals surface area contributed by atoms with E-state index in [9.17, 15) is 0 Å².